The fourth-order valence-corrected chi connectivity index (χ4v) is 1.45. The predicted octanol–water partition coefficient (Wildman–Crippen LogP) is 1.45. The van der Waals surface area contributed by atoms with Crippen molar-refractivity contribution in [1.29, 1.82) is 0 Å². The molecule has 1 aromatic rings. The number of benzene rings is 1. The van der Waals surface area contributed by atoms with Gasteiger partial charge in [0, 0.05) is 17.8 Å². The third-order valence-electron chi connectivity index (χ3n) is 2.50. The van der Waals surface area contributed by atoms with Gasteiger partial charge in [0.05, 0.1) is 6.04 Å². The van der Waals surface area contributed by atoms with Crippen LogP contribution in [0.15, 0.2) is 18.2 Å². The molecule has 1 rings (SSSR count). The molecule has 106 valence electrons. The summed E-state index contributed by atoms with van der Waals surface area (Å²) in [5.41, 5.74) is 7.55. The highest BCUT2D eigenvalue weighted by atomic mass is 35.5. The third-order valence-corrected chi connectivity index (χ3v) is 2.50. The van der Waals surface area contributed by atoms with Crippen LogP contribution in [0.25, 0.3) is 0 Å². The molecule has 0 spiro atoms. The number of anilines is 1. The zero-order valence-corrected chi connectivity index (χ0v) is 12.1. The maximum atomic E-state index is 11.6. The fraction of sp³-hybridized carbons (Fsp3) is 0.385. The summed E-state index contributed by atoms with van der Waals surface area (Å²) >= 11 is 0. The van der Waals surface area contributed by atoms with E-state index < -0.39 is 6.04 Å². The van der Waals surface area contributed by atoms with Crippen LogP contribution in [0.2, 0.25) is 0 Å². The van der Waals surface area contributed by atoms with E-state index in [0.29, 0.717) is 17.8 Å². The van der Waals surface area contributed by atoms with Gasteiger partial charge in [-0.3, -0.25) is 9.59 Å². The Morgan fingerprint density at radius 1 is 1.37 bits per heavy atom. The molecule has 4 N–H and O–H groups in total. The van der Waals surface area contributed by atoms with Gasteiger partial charge in [0.25, 0.3) is 5.91 Å². The molecule has 0 unspecified atom stereocenters. The number of hydrogen-bond acceptors (Lipinski definition) is 3. The number of amides is 2. The number of halogens is 1. The zero-order valence-electron chi connectivity index (χ0n) is 11.3. The van der Waals surface area contributed by atoms with Gasteiger partial charge in [-0.25, -0.2) is 0 Å². The first-order valence-corrected chi connectivity index (χ1v) is 5.91. The zero-order chi connectivity index (χ0) is 13.7. The summed E-state index contributed by atoms with van der Waals surface area (Å²) in [6.45, 7) is 5.90. The van der Waals surface area contributed by atoms with Crippen molar-refractivity contribution in [3.63, 3.8) is 0 Å². The van der Waals surface area contributed by atoms with Crippen molar-refractivity contribution in [3.05, 3.63) is 29.3 Å². The van der Waals surface area contributed by atoms with E-state index in [1.54, 1.807) is 25.1 Å². The normalized spacial score (nSPS) is 11.2. The molecule has 0 aliphatic rings. The number of nitrogens with one attached hydrogen (secondary N) is 2. The van der Waals surface area contributed by atoms with Gasteiger partial charge < -0.3 is 16.4 Å². The van der Waals surface area contributed by atoms with E-state index in [1.807, 2.05) is 13.8 Å². The number of aryl methyl sites for hydroxylation is 1. The Labute approximate surface area is 119 Å². The van der Waals surface area contributed by atoms with Crippen LogP contribution in [0.1, 0.15) is 29.8 Å². The highest BCUT2D eigenvalue weighted by Crippen LogP contribution is 2.16. The second-order valence-corrected chi connectivity index (χ2v) is 4.17. The third kappa shape index (κ3) is 4.89. The standard InChI is InChI=1S/C13H19N3O2.ClH/c1-4-15-13(18)10-5-6-11(8(2)7-10)16-12(17)9(3)14;/h5-7,9H,4,14H2,1-3H3,(H,15,18)(H,16,17);1H/t9-;/m1./s1. The fourth-order valence-electron chi connectivity index (χ4n) is 1.45. The van der Waals surface area contributed by atoms with Gasteiger partial charge in [-0.15, -0.1) is 12.4 Å². The SMILES string of the molecule is CCNC(=O)c1ccc(NC(=O)[C@@H](C)N)c(C)c1.Cl. The number of rotatable bonds is 4. The molecule has 0 aliphatic heterocycles. The van der Waals surface area contributed by atoms with Crippen LogP contribution >= 0.6 is 12.4 Å². The lowest BCUT2D eigenvalue weighted by molar-refractivity contribution is -0.117. The molecule has 0 saturated heterocycles. The number of nitrogens with two attached hydrogens (primary N) is 1. The van der Waals surface area contributed by atoms with Crippen LogP contribution in [0.5, 0.6) is 0 Å². The van der Waals surface area contributed by atoms with E-state index in [2.05, 4.69) is 10.6 Å². The van der Waals surface area contributed by atoms with Crippen molar-refractivity contribution in [1.82, 2.24) is 5.32 Å². The van der Waals surface area contributed by atoms with Gasteiger partial charge in [0.15, 0.2) is 0 Å². The minimum atomic E-state index is -0.563. The monoisotopic (exact) mass is 285 g/mol. The van der Waals surface area contributed by atoms with Gasteiger partial charge in [0.1, 0.15) is 0 Å². The summed E-state index contributed by atoms with van der Waals surface area (Å²) < 4.78 is 0. The molecule has 2 amide bonds. The Morgan fingerprint density at radius 3 is 2.47 bits per heavy atom. The van der Waals surface area contributed by atoms with Gasteiger partial charge in [0.2, 0.25) is 5.91 Å². The Morgan fingerprint density at radius 2 is 2.00 bits per heavy atom. The maximum Gasteiger partial charge on any atom is 0.251 e. The molecule has 0 bridgehead atoms. The van der Waals surface area contributed by atoms with Crippen molar-refractivity contribution in [2.75, 3.05) is 11.9 Å². The van der Waals surface area contributed by atoms with E-state index in [9.17, 15) is 9.59 Å². The topological polar surface area (TPSA) is 84.2 Å². The summed E-state index contributed by atoms with van der Waals surface area (Å²) in [5.74, 6) is -0.366. The summed E-state index contributed by atoms with van der Waals surface area (Å²) in [6, 6.07) is 4.56. The summed E-state index contributed by atoms with van der Waals surface area (Å²) in [7, 11) is 0. The predicted molar refractivity (Wildman–Crippen MR) is 78.7 cm³/mol. The van der Waals surface area contributed by atoms with Crippen molar-refractivity contribution in [2.24, 2.45) is 5.73 Å². The first-order valence-electron chi connectivity index (χ1n) is 5.91. The van der Waals surface area contributed by atoms with E-state index >= 15 is 0 Å². The van der Waals surface area contributed by atoms with E-state index in [0.717, 1.165) is 5.56 Å². The molecule has 0 aromatic heterocycles. The van der Waals surface area contributed by atoms with Crippen molar-refractivity contribution >= 4 is 29.9 Å². The van der Waals surface area contributed by atoms with Gasteiger partial charge in [-0.1, -0.05) is 0 Å². The Bertz CT molecular complexity index is 461. The largest absolute Gasteiger partial charge is 0.352 e. The Kier molecular flexibility index (Phi) is 7.11. The quantitative estimate of drug-likeness (QED) is 0.783. The van der Waals surface area contributed by atoms with Crippen molar-refractivity contribution in [2.45, 2.75) is 26.8 Å². The molecule has 6 heteroatoms. The summed E-state index contributed by atoms with van der Waals surface area (Å²) in [6.07, 6.45) is 0. The molecule has 5 nitrogen and oxygen atoms in total. The highest BCUT2D eigenvalue weighted by molar-refractivity contribution is 5.97. The molecule has 19 heavy (non-hydrogen) atoms. The van der Waals surface area contributed by atoms with Crippen LogP contribution in [-0.2, 0) is 4.79 Å². The number of carbonyl (C=O) groups excluding carboxylic acids is 2. The molecule has 0 heterocycles. The molecule has 0 fully saturated rings. The van der Waals surface area contributed by atoms with Crippen molar-refractivity contribution < 1.29 is 9.59 Å². The minimum Gasteiger partial charge on any atom is -0.352 e. The lowest BCUT2D eigenvalue weighted by atomic mass is 10.1. The molecule has 1 atom stereocenters. The van der Waals surface area contributed by atoms with E-state index in [-0.39, 0.29) is 24.2 Å². The van der Waals surface area contributed by atoms with Crippen LogP contribution in [0, 0.1) is 6.92 Å². The van der Waals surface area contributed by atoms with E-state index in [4.69, 9.17) is 5.73 Å². The van der Waals surface area contributed by atoms with Crippen LogP contribution in [0.3, 0.4) is 0 Å². The average molecular weight is 286 g/mol. The van der Waals surface area contributed by atoms with Crippen molar-refractivity contribution in [3.8, 4) is 0 Å². The van der Waals surface area contributed by atoms with E-state index in [1.165, 1.54) is 0 Å². The lowest BCUT2D eigenvalue weighted by Gasteiger charge is -2.11. The van der Waals surface area contributed by atoms with Crippen LogP contribution < -0.4 is 16.4 Å². The first kappa shape index (κ1) is 17.4. The molecular weight excluding hydrogens is 266 g/mol. The maximum absolute atomic E-state index is 11.6. The second kappa shape index (κ2) is 7.76. The van der Waals surface area contributed by atoms with Gasteiger partial charge in [-0.2, -0.15) is 0 Å². The Balaban J connectivity index is 0.00000324. The molecule has 0 saturated carbocycles. The molecular formula is C13H20ClN3O2. The first-order chi connectivity index (χ1) is 8.45. The number of carbonyl (C=O) groups is 2. The van der Waals surface area contributed by atoms with Crippen LogP contribution in [-0.4, -0.2) is 24.4 Å². The Hall–Kier alpha value is -1.59. The molecule has 0 radical (unpaired) electrons. The van der Waals surface area contributed by atoms with Gasteiger partial charge in [-0.05, 0) is 44.5 Å². The smallest absolute Gasteiger partial charge is 0.251 e. The lowest BCUT2D eigenvalue weighted by Crippen LogP contribution is -2.32. The van der Waals surface area contributed by atoms with Gasteiger partial charge >= 0.3 is 0 Å². The highest BCUT2D eigenvalue weighted by Gasteiger charge is 2.11. The summed E-state index contributed by atoms with van der Waals surface area (Å²) in [4.78, 5) is 23.1. The summed E-state index contributed by atoms with van der Waals surface area (Å²) in [5, 5.41) is 5.43. The minimum absolute atomic E-state index is 0. The van der Waals surface area contributed by atoms with Crippen LogP contribution in [0.4, 0.5) is 5.69 Å². The average Bonchev–Trinajstić information content (AvgIpc) is 2.31. The number of hydrogen-bond donors (Lipinski definition) is 3. The molecule has 1 aromatic carbocycles. The second-order valence-electron chi connectivity index (χ2n) is 4.17. The molecule has 0 aliphatic carbocycles.